The first-order valence-corrected chi connectivity index (χ1v) is 8.39. The molecular formula is C21H14N2O5. The lowest BCUT2D eigenvalue weighted by Gasteiger charge is -2.34. The standard InChI is InChI=1S/C21H14N2O5/c1-27-19(25)21(20(26)28-2)15-9-5-3-8-13(15)18(24)23-16-10-6-4-7-12(16)14(11-22)17(21)23/h3-10H,1-2H3. The van der Waals surface area contributed by atoms with Crippen molar-refractivity contribution in [3.8, 4) is 6.07 Å². The molecule has 3 aromatic rings. The van der Waals surface area contributed by atoms with Gasteiger partial charge in [0.2, 0.25) is 5.41 Å². The van der Waals surface area contributed by atoms with Gasteiger partial charge in [-0.2, -0.15) is 5.26 Å². The lowest BCUT2D eigenvalue weighted by atomic mass is 9.71. The van der Waals surface area contributed by atoms with Gasteiger partial charge in [0.05, 0.1) is 31.0 Å². The summed E-state index contributed by atoms with van der Waals surface area (Å²) in [6, 6.07) is 15.1. The molecule has 0 unspecified atom stereocenters. The fraction of sp³-hybridized carbons (Fsp3) is 0.143. The molecule has 2 aromatic carbocycles. The minimum absolute atomic E-state index is 0.0502. The molecule has 2 heterocycles. The first kappa shape index (κ1) is 17.5. The molecule has 0 saturated carbocycles. The van der Waals surface area contributed by atoms with E-state index in [1.54, 1.807) is 36.4 Å². The van der Waals surface area contributed by atoms with E-state index >= 15 is 0 Å². The van der Waals surface area contributed by atoms with Crippen LogP contribution >= 0.6 is 0 Å². The molecule has 28 heavy (non-hydrogen) atoms. The third kappa shape index (κ3) is 1.89. The van der Waals surface area contributed by atoms with Crippen molar-refractivity contribution < 1.29 is 23.9 Å². The Morgan fingerprint density at radius 1 is 1.00 bits per heavy atom. The molecule has 4 rings (SSSR count). The van der Waals surface area contributed by atoms with Gasteiger partial charge in [-0.3, -0.25) is 19.0 Å². The number of fused-ring (bicyclic) bond motifs is 4. The summed E-state index contributed by atoms with van der Waals surface area (Å²) in [5.41, 5.74) is -1.39. The predicted octanol–water partition coefficient (Wildman–Crippen LogP) is 2.15. The number of esters is 2. The van der Waals surface area contributed by atoms with E-state index in [1.165, 1.54) is 16.7 Å². The van der Waals surface area contributed by atoms with Crippen LogP contribution in [0.3, 0.4) is 0 Å². The molecule has 0 saturated heterocycles. The van der Waals surface area contributed by atoms with E-state index in [1.807, 2.05) is 0 Å². The van der Waals surface area contributed by atoms with Crippen molar-refractivity contribution in [2.45, 2.75) is 5.41 Å². The molecule has 1 aliphatic rings. The summed E-state index contributed by atoms with van der Waals surface area (Å²) in [5, 5.41) is 10.3. The van der Waals surface area contributed by atoms with E-state index in [0.717, 1.165) is 14.2 Å². The lowest BCUT2D eigenvalue weighted by Crippen LogP contribution is -2.52. The highest BCUT2D eigenvalue weighted by Gasteiger charge is 2.59. The molecule has 7 heteroatoms. The molecule has 0 bridgehead atoms. The number of carbonyl (C=O) groups excluding carboxylic acids is 3. The van der Waals surface area contributed by atoms with Crippen molar-refractivity contribution in [3.63, 3.8) is 0 Å². The van der Waals surface area contributed by atoms with E-state index in [-0.39, 0.29) is 22.4 Å². The molecule has 7 nitrogen and oxygen atoms in total. The van der Waals surface area contributed by atoms with Crippen LogP contribution in [0.25, 0.3) is 10.9 Å². The normalized spacial score (nSPS) is 14.0. The highest BCUT2D eigenvalue weighted by Crippen LogP contribution is 2.45. The molecule has 0 N–H and O–H groups in total. The number of aromatic nitrogens is 1. The van der Waals surface area contributed by atoms with Gasteiger partial charge in [0.15, 0.2) is 0 Å². The molecule has 1 aliphatic heterocycles. The molecule has 0 spiro atoms. The third-order valence-electron chi connectivity index (χ3n) is 5.09. The number of carbonyl (C=O) groups is 3. The van der Waals surface area contributed by atoms with Crippen LogP contribution in [0.4, 0.5) is 0 Å². The topological polar surface area (TPSA) is 98.4 Å². The minimum Gasteiger partial charge on any atom is -0.468 e. The second-order valence-corrected chi connectivity index (χ2v) is 6.27. The molecule has 1 aromatic heterocycles. The van der Waals surface area contributed by atoms with Gasteiger partial charge >= 0.3 is 11.9 Å². The quantitative estimate of drug-likeness (QED) is 0.503. The van der Waals surface area contributed by atoms with Crippen LogP contribution in [0, 0.1) is 11.3 Å². The van der Waals surface area contributed by atoms with Crippen molar-refractivity contribution in [1.29, 1.82) is 5.26 Å². The number of hydrogen-bond acceptors (Lipinski definition) is 6. The van der Waals surface area contributed by atoms with Crippen LogP contribution in [-0.4, -0.2) is 36.6 Å². The van der Waals surface area contributed by atoms with Gasteiger partial charge in [0.1, 0.15) is 6.07 Å². The third-order valence-corrected chi connectivity index (χ3v) is 5.09. The SMILES string of the molecule is COC(=O)C1(C(=O)OC)c2ccccc2C(=O)n2c1c(C#N)c1ccccc12. The summed E-state index contributed by atoms with van der Waals surface area (Å²) in [4.78, 5) is 39.5. The second-order valence-electron chi connectivity index (χ2n) is 6.27. The highest BCUT2D eigenvalue weighted by atomic mass is 16.5. The summed E-state index contributed by atoms with van der Waals surface area (Å²) in [5.74, 6) is -2.30. The molecule has 0 aliphatic carbocycles. The van der Waals surface area contributed by atoms with Crippen molar-refractivity contribution in [3.05, 3.63) is 70.9 Å². The van der Waals surface area contributed by atoms with Gasteiger partial charge < -0.3 is 9.47 Å². The number of nitrogens with zero attached hydrogens (tertiary/aromatic N) is 2. The fourth-order valence-electron chi connectivity index (χ4n) is 3.97. The number of nitriles is 1. The number of para-hydroxylation sites is 1. The zero-order valence-corrected chi connectivity index (χ0v) is 15.1. The van der Waals surface area contributed by atoms with E-state index < -0.39 is 23.3 Å². The maximum Gasteiger partial charge on any atom is 0.334 e. The van der Waals surface area contributed by atoms with E-state index in [0.29, 0.717) is 10.9 Å². The van der Waals surface area contributed by atoms with Crippen LogP contribution in [-0.2, 0) is 24.5 Å². The van der Waals surface area contributed by atoms with Gasteiger partial charge in [-0.25, -0.2) is 0 Å². The molecule has 138 valence electrons. The fourth-order valence-corrected chi connectivity index (χ4v) is 3.97. The smallest absolute Gasteiger partial charge is 0.334 e. The first-order valence-electron chi connectivity index (χ1n) is 8.39. The Morgan fingerprint density at radius 3 is 2.25 bits per heavy atom. The Labute approximate surface area is 159 Å². The van der Waals surface area contributed by atoms with Crippen molar-refractivity contribution >= 4 is 28.7 Å². The van der Waals surface area contributed by atoms with Crippen molar-refractivity contribution in [2.24, 2.45) is 0 Å². The minimum atomic E-state index is -2.10. The largest absolute Gasteiger partial charge is 0.468 e. The van der Waals surface area contributed by atoms with Crippen LogP contribution in [0.2, 0.25) is 0 Å². The maximum atomic E-state index is 13.3. The van der Waals surface area contributed by atoms with E-state index in [2.05, 4.69) is 6.07 Å². The molecule has 0 fully saturated rings. The van der Waals surface area contributed by atoms with E-state index in [9.17, 15) is 19.6 Å². The monoisotopic (exact) mass is 374 g/mol. The molecular weight excluding hydrogens is 360 g/mol. The summed E-state index contributed by atoms with van der Waals surface area (Å²) < 4.78 is 11.2. The zero-order chi connectivity index (χ0) is 20.1. The van der Waals surface area contributed by atoms with Crippen LogP contribution in [0.5, 0.6) is 0 Å². The van der Waals surface area contributed by atoms with E-state index in [4.69, 9.17) is 9.47 Å². The number of hydrogen-bond donors (Lipinski definition) is 0. The van der Waals surface area contributed by atoms with Crippen LogP contribution in [0.15, 0.2) is 48.5 Å². The highest BCUT2D eigenvalue weighted by molar-refractivity contribution is 6.19. The van der Waals surface area contributed by atoms with Gasteiger partial charge in [-0.1, -0.05) is 36.4 Å². The van der Waals surface area contributed by atoms with Crippen LogP contribution in [0.1, 0.15) is 27.2 Å². The molecule has 0 amide bonds. The summed E-state index contributed by atoms with van der Waals surface area (Å²) in [6.07, 6.45) is 0. The van der Waals surface area contributed by atoms with Crippen molar-refractivity contribution in [2.75, 3.05) is 14.2 Å². The average molecular weight is 374 g/mol. The van der Waals surface area contributed by atoms with Crippen molar-refractivity contribution in [1.82, 2.24) is 4.57 Å². The van der Waals surface area contributed by atoms with Crippen LogP contribution < -0.4 is 0 Å². The average Bonchev–Trinajstić information content (AvgIpc) is 3.08. The van der Waals surface area contributed by atoms with Gasteiger partial charge in [-0.15, -0.1) is 0 Å². The van der Waals surface area contributed by atoms with Gasteiger partial charge in [0, 0.05) is 10.9 Å². The molecule has 0 radical (unpaired) electrons. The summed E-state index contributed by atoms with van der Waals surface area (Å²) in [7, 11) is 2.29. The Kier molecular flexibility index (Phi) is 3.79. The molecule has 0 atom stereocenters. The Hall–Kier alpha value is -3.92. The number of methoxy groups -OCH3 is 2. The Balaban J connectivity index is 2.32. The lowest BCUT2D eigenvalue weighted by molar-refractivity contribution is -0.159. The second kappa shape index (κ2) is 6.06. The number of ether oxygens (including phenoxy) is 2. The number of rotatable bonds is 2. The number of benzene rings is 2. The zero-order valence-electron chi connectivity index (χ0n) is 15.1. The first-order chi connectivity index (χ1) is 13.5. The summed E-state index contributed by atoms with van der Waals surface area (Å²) in [6.45, 7) is 0. The summed E-state index contributed by atoms with van der Waals surface area (Å²) >= 11 is 0. The Morgan fingerprint density at radius 2 is 1.61 bits per heavy atom. The van der Waals surface area contributed by atoms with Gasteiger partial charge in [0.25, 0.3) is 5.91 Å². The Bertz CT molecular complexity index is 1200. The predicted molar refractivity (Wildman–Crippen MR) is 97.6 cm³/mol. The van der Waals surface area contributed by atoms with Gasteiger partial charge in [-0.05, 0) is 17.7 Å². The maximum absolute atomic E-state index is 13.3.